The maximum absolute atomic E-state index is 13.3. The van der Waals surface area contributed by atoms with E-state index in [4.69, 9.17) is 37.7 Å². The van der Waals surface area contributed by atoms with Gasteiger partial charge in [-0.3, -0.25) is 14.0 Å². The normalized spacial score (nSPS) is 19.0. The van der Waals surface area contributed by atoms with Gasteiger partial charge in [0.15, 0.2) is 0 Å². The third kappa shape index (κ3) is 7.50. The molecule has 2 saturated heterocycles. The third-order valence-electron chi connectivity index (χ3n) is 9.46. The van der Waals surface area contributed by atoms with E-state index >= 15 is 0 Å². The zero-order valence-electron chi connectivity index (χ0n) is 28.0. The Balaban J connectivity index is 1.12. The fraction of sp³-hybridized carbons (Fsp3) is 0.316. The summed E-state index contributed by atoms with van der Waals surface area (Å²) >= 11 is 14.2. The highest BCUT2D eigenvalue weighted by atomic mass is 35.5. The zero-order valence-corrected chi connectivity index (χ0v) is 29.5. The molecule has 2 aliphatic heterocycles. The first-order valence-electron chi connectivity index (χ1n) is 16.9. The SMILES string of the molecule is COc1nc(-c2cccc(-c3cccc(-c4ccn5c(=O)c(CNC[C@H]6CCC(=O)N6)cnc5c4)c3Cl)c2Cl)ccc1CN[C@@H]1CCOC[C@H]1O. The van der Waals surface area contributed by atoms with Gasteiger partial charge in [-0.05, 0) is 36.6 Å². The van der Waals surface area contributed by atoms with Crippen LogP contribution in [0, 0.1) is 0 Å². The number of aliphatic hydroxyl groups excluding tert-OH is 1. The number of benzene rings is 2. The number of aromatic nitrogens is 3. The van der Waals surface area contributed by atoms with Gasteiger partial charge in [0.1, 0.15) is 5.65 Å². The molecule has 2 aliphatic rings. The highest BCUT2D eigenvalue weighted by molar-refractivity contribution is 6.39. The van der Waals surface area contributed by atoms with Gasteiger partial charge in [0.05, 0.1) is 35.6 Å². The number of ether oxygens (including phenoxy) is 2. The first-order chi connectivity index (χ1) is 24.8. The van der Waals surface area contributed by atoms with Gasteiger partial charge >= 0.3 is 0 Å². The average Bonchev–Trinajstić information content (AvgIpc) is 3.57. The minimum Gasteiger partial charge on any atom is -0.481 e. The van der Waals surface area contributed by atoms with Crippen LogP contribution in [0.1, 0.15) is 30.4 Å². The van der Waals surface area contributed by atoms with Crippen LogP contribution < -0.4 is 26.2 Å². The maximum Gasteiger partial charge on any atom is 0.262 e. The third-order valence-corrected chi connectivity index (χ3v) is 10.3. The number of nitrogens with zero attached hydrogens (tertiary/aromatic N) is 3. The Labute approximate surface area is 305 Å². The van der Waals surface area contributed by atoms with Crippen molar-refractivity contribution in [2.24, 2.45) is 0 Å². The lowest BCUT2D eigenvalue weighted by Crippen LogP contribution is -2.46. The molecule has 0 bridgehead atoms. The van der Waals surface area contributed by atoms with Gasteiger partial charge in [0.25, 0.3) is 5.56 Å². The summed E-state index contributed by atoms with van der Waals surface area (Å²) in [5.41, 5.74) is 6.15. The molecule has 0 aliphatic carbocycles. The number of carbonyl (C=O) groups is 1. The van der Waals surface area contributed by atoms with E-state index in [9.17, 15) is 14.7 Å². The van der Waals surface area contributed by atoms with Crippen molar-refractivity contribution in [1.82, 2.24) is 30.3 Å². The van der Waals surface area contributed by atoms with Crippen LogP contribution >= 0.6 is 23.2 Å². The molecular formula is C38H38Cl2N6O5. The predicted octanol–water partition coefficient (Wildman–Crippen LogP) is 5.01. The predicted molar refractivity (Wildman–Crippen MR) is 197 cm³/mol. The first kappa shape index (κ1) is 35.1. The second-order valence-electron chi connectivity index (χ2n) is 12.8. The number of rotatable bonds is 11. The van der Waals surface area contributed by atoms with Crippen molar-refractivity contribution >= 4 is 34.8 Å². The highest BCUT2D eigenvalue weighted by Gasteiger charge is 2.24. The topological polar surface area (TPSA) is 139 Å². The summed E-state index contributed by atoms with van der Waals surface area (Å²) in [6, 6.07) is 19.1. The first-order valence-corrected chi connectivity index (χ1v) is 17.7. The van der Waals surface area contributed by atoms with E-state index in [2.05, 4.69) is 20.9 Å². The number of fused-ring (bicyclic) bond motifs is 1. The molecule has 13 heteroatoms. The fourth-order valence-corrected chi connectivity index (χ4v) is 7.31. The number of methoxy groups -OCH3 is 1. The average molecular weight is 730 g/mol. The molecule has 11 nitrogen and oxygen atoms in total. The molecule has 0 unspecified atom stereocenters. The molecule has 0 saturated carbocycles. The Morgan fingerprint density at radius 3 is 2.49 bits per heavy atom. The molecule has 51 heavy (non-hydrogen) atoms. The van der Waals surface area contributed by atoms with Crippen molar-refractivity contribution < 1.29 is 19.4 Å². The van der Waals surface area contributed by atoms with E-state index in [1.807, 2.05) is 60.7 Å². The summed E-state index contributed by atoms with van der Waals surface area (Å²) < 4.78 is 12.5. The van der Waals surface area contributed by atoms with Crippen LogP contribution in [0.5, 0.6) is 5.88 Å². The molecular weight excluding hydrogens is 691 g/mol. The maximum atomic E-state index is 13.3. The van der Waals surface area contributed by atoms with E-state index in [1.165, 1.54) is 4.40 Å². The van der Waals surface area contributed by atoms with E-state index < -0.39 is 6.10 Å². The second-order valence-corrected chi connectivity index (χ2v) is 13.5. The highest BCUT2D eigenvalue weighted by Crippen LogP contribution is 2.42. The van der Waals surface area contributed by atoms with Crippen LogP contribution in [0.2, 0.25) is 10.0 Å². The Morgan fingerprint density at radius 2 is 1.75 bits per heavy atom. The number of aliphatic hydroxyl groups is 1. The van der Waals surface area contributed by atoms with E-state index in [0.29, 0.717) is 72.1 Å². The number of pyridine rings is 2. The van der Waals surface area contributed by atoms with Crippen LogP contribution in [0.15, 0.2) is 77.9 Å². The Kier molecular flexibility index (Phi) is 10.6. The van der Waals surface area contributed by atoms with Gasteiger partial charge in [-0.1, -0.05) is 65.7 Å². The van der Waals surface area contributed by atoms with Gasteiger partial charge < -0.3 is 30.5 Å². The van der Waals surface area contributed by atoms with Gasteiger partial charge in [0.2, 0.25) is 11.8 Å². The molecule has 2 aromatic carbocycles. The summed E-state index contributed by atoms with van der Waals surface area (Å²) in [5, 5.41) is 20.8. The summed E-state index contributed by atoms with van der Waals surface area (Å²) in [4.78, 5) is 34.1. The quantitative estimate of drug-likeness (QED) is 0.148. The van der Waals surface area contributed by atoms with Gasteiger partial charge in [-0.15, -0.1) is 0 Å². The largest absolute Gasteiger partial charge is 0.481 e. The summed E-state index contributed by atoms with van der Waals surface area (Å²) in [7, 11) is 1.58. The van der Waals surface area contributed by atoms with Crippen LogP contribution in [0.3, 0.4) is 0 Å². The summed E-state index contributed by atoms with van der Waals surface area (Å²) in [6.45, 7) is 2.34. The lowest BCUT2D eigenvalue weighted by Gasteiger charge is -2.28. The van der Waals surface area contributed by atoms with Crippen molar-refractivity contribution in [2.45, 2.75) is 50.5 Å². The van der Waals surface area contributed by atoms with Crippen LogP contribution in [-0.2, 0) is 22.6 Å². The number of amides is 1. The fourth-order valence-electron chi connectivity index (χ4n) is 6.65. The van der Waals surface area contributed by atoms with Crippen molar-refractivity contribution in [3.8, 4) is 39.4 Å². The van der Waals surface area contributed by atoms with E-state index in [0.717, 1.165) is 46.2 Å². The van der Waals surface area contributed by atoms with Crippen molar-refractivity contribution in [3.05, 3.63) is 105 Å². The lowest BCUT2D eigenvalue weighted by molar-refractivity contribution is -0.119. The van der Waals surface area contributed by atoms with E-state index in [-0.39, 0.29) is 23.6 Å². The van der Waals surface area contributed by atoms with Crippen molar-refractivity contribution in [3.63, 3.8) is 0 Å². The molecule has 4 N–H and O–H groups in total. The van der Waals surface area contributed by atoms with Crippen molar-refractivity contribution in [1.29, 1.82) is 0 Å². The second kappa shape index (κ2) is 15.5. The molecule has 0 radical (unpaired) electrons. The molecule has 7 rings (SSSR count). The smallest absolute Gasteiger partial charge is 0.262 e. The molecule has 1 amide bonds. The molecule has 0 spiro atoms. The molecule has 5 aromatic rings. The Morgan fingerprint density at radius 1 is 0.980 bits per heavy atom. The molecule has 3 atom stereocenters. The van der Waals surface area contributed by atoms with Crippen LogP contribution in [-0.4, -0.2) is 70.4 Å². The number of halogens is 2. The monoisotopic (exact) mass is 728 g/mol. The number of nitrogens with one attached hydrogen (secondary N) is 3. The number of hydrogen-bond acceptors (Lipinski definition) is 9. The molecule has 3 aromatic heterocycles. The molecule has 5 heterocycles. The Hall–Kier alpha value is -4.36. The molecule has 2 fully saturated rings. The standard InChI is InChI=1S/C38H38Cl2N6O5/c1-50-37-23(18-42-31-13-15-51-21-32(31)47)8-10-30(45-37)29-7-3-6-28(36(29)40)27-5-2-4-26(35(27)39)22-12-14-46-33(16-22)43-19-24(38(46)49)17-41-20-25-9-11-34(48)44-25/h2-8,10,12,14,16,19,25,31-32,41-42,47H,9,11,13,15,17-18,20-21H2,1H3,(H,44,48)/t25-,31-,32-/m1/s1. The number of carbonyl (C=O) groups excluding carboxylic acids is 1. The lowest BCUT2D eigenvalue weighted by atomic mass is 9.97. The van der Waals surface area contributed by atoms with Crippen molar-refractivity contribution in [2.75, 3.05) is 26.9 Å². The minimum absolute atomic E-state index is 0.0604. The zero-order chi connectivity index (χ0) is 35.5. The van der Waals surface area contributed by atoms with Gasteiger partial charge in [0, 0.05) is 90.5 Å². The van der Waals surface area contributed by atoms with Gasteiger partial charge in [-0.2, -0.15) is 0 Å². The minimum atomic E-state index is -0.563. The van der Waals surface area contributed by atoms with Crippen LogP contribution in [0.4, 0.5) is 0 Å². The Bertz CT molecular complexity index is 2140. The van der Waals surface area contributed by atoms with Crippen LogP contribution in [0.25, 0.3) is 39.2 Å². The van der Waals surface area contributed by atoms with E-state index in [1.54, 1.807) is 19.5 Å². The van der Waals surface area contributed by atoms with Gasteiger partial charge in [-0.25, -0.2) is 9.97 Å². The number of hydrogen-bond donors (Lipinski definition) is 4. The molecule has 264 valence electrons. The summed E-state index contributed by atoms with van der Waals surface area (Å²) in [5.74, 6) is 0.528. The summed E-state index contributed by atoms with van der Waals surface area (Å²) in [6.07, 6.45) is 4.78.